The van der Waals surface area contributed by atoms with Crippen LogP contribution >= 0.6 is 0 Å². The minimum atomic E-state index is -0.436. The summed E-state index contributed by atoms with van der Waals surface area (Å²) >= 11 is 0. The molecule has 1 saturated heterocycles. The molecule has 2 atom stereocenters. The topological polar surface area (TPSA) is 94.2 Å². The largest absolute Gasteiger partial charge is 0.374 e. The maximum Gasteiger partial charge on any atom is 0.256 e. The van der Waals surface area contributed by atoms with Crippen LogP contribution in [0.2, 0.25) is 0 Å². The molecule has 0 aliphatic carbocycles. The minimum absolute atomic E-state index is 0.151. The van der Waals surface area contributed by atoms with E-state index in [1.807, 2.05) is 13.0 Å². The molecular weight excluding hydrogens is 322 g/mol. The van der Waals surface area contributed by atoms with Crippen molar-refractivity contribution < 1.29 is 14.1 Å². The summed E-state index contributed by atoms with van der Waals surface area (Å²) in [5, 5.41) is 3.84. The molecule has 3 aromatic rings. The lowest BCUT2D eigenvalue weighted by atomic mass is 10.1. The fraction of sp³-hybridized carbons (Fsp3) is 0.353. The first-order chi connectivity index (χ1) is 12.1. The van der Waals surface area contributed by atoms with Crippen LogP contribution < -0.4 is 0 Å². The molecule has 4 rings (SSSR count). The van der Waals surface area contributed by atoms with Gasteiger partial charge in [0.25, 0.3) is 11.8 Å². The number of amides is 1. The van der Waals surface area contributed by atoms with Gasteiger partial charge in [0.15, 0.2) is 5.82 Å². The van der Waals surface area contributed by atoms with E-state index in [9.17, 15) is 4.79 Å². The molecule has 1 aliphatic heterocycles. The van der Waals surface area contributed by atoms with E-state index in [1.54, 1.807) is 36.4 Å². The number of nitrogens with zero attached hydrogens (tertiary/aromatic N) is 5. The number of aryl methyl sites for hydroxylation is 1. The molecule has 1 aliphatic rings. The van der Waals surface area contributed by atoms with E-state index in [2.05, 4.69) is 20.1 Å². The SMILES string of the molecule is Cc1noc([C@@H]2[C@@H](C)OCCN2C(=O)c2cccc3nccnc23)n1. The van der Waals surface area contributed by atoms with E-state index >= 15 is 0 Å². The standard InChI is InChI=1S/C17H17N5O3/c1-10-15(16-20-11(2)21-25-16)22(8-9-24-10)17(23)12-4-3-5-13-14(12)19-7-6-18-13/h3-7,10,15H,8-9H2,1-2H3/t10-,15+/m1/s1. The highest BCUT2D eigenvalue weighted by molar-refractivity contribution is 6.04. The monoisotopic (exact) mass is 339 g/mol. The second-order valence-electron chi connectivity index (χ2n) is 5.93. The molecule has 2 aromatic heterocycles. The molecular formula is C17H17N5O3. The molecule has 3 heterocycles. The van der Waals surface area contributed by atoms with Crippen LogP contribution in [0.3, 0.4) is 0 Å². The highest BCUT2D eigenvalue weighted by Gasteiger charge is 2.38. The van der Waals surface area contributed by atoms with Crippen molar-refractivity contribution in [1.29, 1.82) is 0 Å². The Kier molecular flexibility index (Phi) is 3.89. The maximum absolute atomic E-state index is 13.3. The van der Waals surface area contributed by atoms with Crippen LogP contribution in [0.4, 0.5) is 0 Å². The van der Waals surface area contributed by atoms with Gasteiger partial charge in [0.2, 0.25) is 0 Å². The van der Waals surface area contributed by atoms with Crippen molar-refractivity contribution in [1.82, 2.24) is 25.0 Å². The van der Waals surface area contributed by atoms with Gasteiger partial charge in [0.1, 0.15) is 11.6 Å². The van der Waals surface area contributed by atoms with Gasteiger partial charge in [-0.25, -0.2) is 0 Å². The Morgan fingerprint density at radius 1 is 1.28 bits per heavy atom. The summed E-state index contributed by atoms with van der Waals surface area (Å²) in [5.74, 6) is 0.752. The van der Waals surface area contributed by atoms with Crippen LogP contribution in [-0.4, -0.2) is 50.2 Å². The van der Waals surface area contributed by atoms with Crippen LogP contribution in [0.25, 0.3) is 11.0 Å². The fourth-order valence-corrected chi connectivity index (χ4v) is 3.14. The van der Waals surface area contributed by atoms with Crippen molar-refractivity contribution in [2.24, 2.45) is 0 Å². The van der Waals surface area contributed by atoms with Crippen molar-refractivity contribution in [3.05, 3.63) is 47.9 Å². The van der Waals surface area contributed by atoms with E-state index < -0.39 is 6.04 Å². The van der Waals surface area contributed by atoms with Crippen LogP contribution in [0, 0.1) is 6.92 Å². The molecule has 1 fully saturated rings. The Morgan fingerprint density at radius 3 is 2.92 bits per heavy atom. The lowest BCUT2D eigenvalue weighted by Crippen LogP contribution is -2.47. The van der Waals surface area contributed by atoms with Crippen molar-refractivity contribution in [2.45, 2.75) is 26.0 Å². The quantitative estimate of drug-likeness (QED) is 0.704. The van der Waals surface area contributed by atoms with Gasteiger partial charge in [0.05, 0.1) is 23.8 Å². The number of carbonyl (C=O) groups excluding carboxylic acids is 1. The fourth-order valence-electron chi connectivity index (χ4n) is 3.14. The zero-order chi connectivity index (χ0) is 17.4. The number of morpholine rings is 1. The summed E-state index contributed by atoms with van der Waals surface area (Å²) in [6.45, 7) is 4.53. The molecule has 1 aromatic carbocycles. The summed E-state index contributed by atoms with van der Waals surface area (Å²) in [5.41, 5.74) is 1.76. The van der Waals surface area contributed by atoms with Crippen LogP contribution in [0.15, 0.2) is 35.1 Å². The van der Waals surface area contributed by atoms with E-state index in [-0.39, 0.29) is 12.0 Å². The second-order valence-corrected chi connectivity index (χ2v) is 5.93. The third-order valence-corrected chi connectivity index (χ3v) is 4.28. The van der Waals surface area contributed by atoms with Crippen molar-refractivity contribution in [3.8, 4) is 0 Å². The molecule has 0 N–H and O–H groups in total. The van der Waals surface area contributed by atoms with Crippen LogP contribution in [0.5, 0.6) is 0 Å². The van der Waals surface area contributed by atoms with Gasteiger partial charge in [-0.15, -0.1) is 0 Å². The predicted molar refractivity (Wildman–Crippen MR) is 87.8 cm³/mol. The molecule has 8 nitrogen and oxygen atoms in total. The van der Waals surface area contributed by atoms with Crippen LogP contribution in [-0.2, 0) is 4.74 Å². The van der Waals surface area contributed by atoms with Gasteiger partial charge in [-0.3, -0.25) is 14.8 Å². The maximum atomic E-state index is 13.3. The Morgan fingerprint density at radius 2 is 2.12 bits per heavy atom. The molecule has 1 amide bonds. The first-order valence-electron chi connectivity index (χ1n) is 8.07. The number of fused-ring (bicyclic) bond motifs is 1. The number of ether oxygens (including phenoxy) is 1. The van der Waals surface area contributed by atoms with Crippen molar-refractivity contribution in [3.63, 3.8) is 0 Å². The first kappa shape index (κ1) is 15.6. The lowest BCUT2D eigenvalue weighted by molar-refractivity contribution is -0.0599. The van der Waals surface area contributed by atoms with E-state index in [4.69, 9.17) is 9.26 Å². The number of para-hydroxylation sites is 1. The average Bonchev–Trinajstić information content (AvgIpc) is 3.06. The molecule has 0 radical (unpaired) electrons. The summed E-state index contributed by atoms with van der Waals surface area (Å²) in [6, 6.07) is 4.96. The van der Waals surface area contributed by atoms with E-state index in [0.29, 0.717) is 41.5 Å². The minimum Gasteiger partial charge on any atom is -0.374 e. The molecule has 0 saturated carbocycles. The Hall–Kier alpha value is -2.87. The number of hydrogen-bond acceptors (Lipinski definition) is 7. The van der Waals surface area contributed by atoms with E-state index in [1.165, 1.54) is 0 Å². The normalized spacial score (nSPS) is 20.8. The average molecular weight is 339 g/mol. The molecule has 0 bridgehead atoms. The van der Waals surface area contributed by atoms with Gasteiger partial charge < -0.3 is 14.2 Å². The highest BCUT2D eigenvalue weighted by atomic mass is 16.5. The predicted octanol–water partition coefficient (Wildman–Crippen LogP) is 1.92. The van der Waals surface area contributed by atoms with Gasteiger partial charge in [0, 0.05) is 18.9 Å². The molecule has 0 unspecified atom stereocenters. The molecule has 128 valence electrons. The first-order valence-corrected chi connectivity index (χ1v) is 8.07. The Balaban J connectivity index is 1.76. The van der Waals surface area contributed by atoms with Gasteiger partial charge in [-0.2, -0.15) is 4.98 Å². The smallest absolute Gasteiger partial charge is 0.256 e. The highest BCUT2D eigenvalue weighted by Crippen LogP contribution is 2.30. The van der Waals surface area contributed by atoms with E-state index in [0.717, 1.165) is 0 Å². The lowest BCUT2D eigenvalue weighted by Gasteiger charge is -2.37. The zero-order valence-electron chi connectivity index (χ0n) is 13.9. The van der Waals surface area contributed by atoms with Gasteiger partial charge >= 0.3 is 0 Å². The number of carbonyl (C=O) groups is 1. The summed E-state index contributed by atoms with van der Waals surface area (Å²) in [4.78, 5) is 27.9. The third kappa shape index (κ3) is 2.74. The second kappa shape index (κ2) is 6.21. The Labute approximate surface area is 143 Å². The summed E-state index contributed by atoms with van der Waals surface area (Å²) in [7, 11) is 0. The number of rotatable bonds is 2. The molecule has 0 spiro atoms. The number of benzene rings is 1. The van der Waals surface area contributed by atoms with Crippen molar-refractivity contribution in [2.75, 3.05) is 13.2 Å². The molecule has 25 heavy (non-hydrogen) atoms. The summed E-state index contributed by atoms with van der Waals surface area (Å²) < 4.78 is 11.0. The van der Waals surface area contributed by atoms with Gasteiger partial charge in [-0.05, 0) is 26.0 Å². The summed E-state index contributed by atoms with van der Waals surface area (Å²) in [6.07, 6.45) is 2.94. The zero-order valence-corrected chi connectivity index (χ0v) is 13.9. The number of aromatic nitrogens is 4. The van der Waals surface area contributed by atoms with Crippen molar-refractivity contribution >= 4 is 16.9 Å². The molecule has 8 heteroatoms. The van der Waals surface area contributed by atoms with Crippen LogP contribution in [0.1, 0.15) is 35.0 Å². The Bertz CT molecular complexity index is 920. The number of hydrogen-bond donors (Lipinski definition) is 0. The van der Waals surface area contributed by atoms with Gasteiger partial charge in [-0.1, -0.05) is 11.2 Å². The third-order valence-electron chi connectivity index (χ3n) is 4.28.